The molecule has 13 heavy (non-hydrogen) atoms. The van der Waals surface area contributed by atoms with Gasteiger partial charge in [-0.05, 0) is 6.07 Å². The number of fused-ring (bicyclic) bond motifs is 1. The molecule has 0 aromatic carbocycles. The zero-order valence-corrected chi connectivity index (χ0v) is 7.09. The van der Waals surface area contributed by atoms with Crippen molar-refractivity contribution in [3.05, 3.63) is 36.4 Å². The summed E-state index contributed by atoms with van der Waals surface area (Å²) in [6, 6.07) is 3.72. The van der Waals surface area contributed by atoms with Crippen LogP contribution in [0, 0.1) is 0 Å². The molecule has 3 N–H and O–H groups in total. The van der Waals surface area contributed by atoms with Gasteiger partial charge in [0.15, 0.2) is 0 Å². The van der Waals surface area contributed by atoms with Gasteiger partial charge in [0.2, 0.25) is 0 Å². The maximum absolute atomic E-state index is 9.58. The number of nitrogens with two attached hydrogens (primary N) is 1. The molecule has 0 radical (unpaired) electrons. The molecular formula is C9H11N3O. The van der Waals surface area contributed by atoms with E-state index in [2.05, 4.69) is 4.98 Å². The Morgan fingerprint density at radius 1 is 1.62 bits per heavy atom. The van der Waals surface area contributed by atoms with Crippen molar-refractivity contribution in [3.63, 3.8) is 0 Å². The lowest BCUT2D eigenvalue weighted by molar-refractivity contribution is 0.188. The molecule has 2 aromatic rings. The number of rotatable bonds is 2. The first-order chi connectivity index (χ1) is 6.33. The van der Waals surface area contributed by atoms with Crippen LogP contribution in [0.25, 0.3) is 5.52 Å². The van der Waals surface area contributed by atoms with E-state index >= 15 is 0 Å². The number of hydrogen-bond donors (Lipinski definition) is 2. The monoisotopic (exact) mass is 177 g/mol. The van der Waals surface area contributed by atoms with Gasteiger partial charge in [0.05, 0.1) is 24.1 Å². The van der Waals surface area contributed by atoms with Crippen LogP contribution in [0.3, 0.4) is 0 Å². The van der Waals surface area contributed by atoms with E-state index < -0.39 is 6.10 Å². The Morgan fingerprint density at radius 2 is 2.46 bits per heavy atom. The number of hydrogen-bond acceptors (Lipinski definition) is 3. The predicted octanol–water partition coefficient (Wildman–Crippen LogP) is 0.326. The van der Waals surface area contributed by atoms with E-state index in [1.165, 1.54) is 0 Å². The average Bonchev–Trinajstić information content (AvgIpc) is 2.63. The molecule has 2 heterocycles. The molecule has 0 spiro atoms. The molecule has 0 aliphatic rings. The van der Waals surface area contributed by atoms with Gasteiger partial charge < -0.3 is 15.2 Å². The van der Waals surface area contributed by atoms with Crippen LogP contribution in [0.15, 0.2) is 30.9 Å². The predicted molar refractivity (Wildman–Crippen MR) is 49.2 cm³/mol. The summed E-state index contributed by atoms with van der Waals surface area (Å²) in [5, 5.41) is 9.58. The molecule has 4 nitrogen and oxygen atoms in total. The van der Waals surface area contributed by atoms with E-state index in [9.17, 15) is 5.11 Å². The summed E-state index contributed by atoms with van der Waals surface area (Å²) in [4.78, 5) is 3.99. The lowest BCUT2D eigenvalue weighted by Crippen LogP contribution is -2.12. The summed E-state index contributed by atoms with van der Waals surface area (Å²) in [6.07, 6.45) is 4.69. The first-order valence-electron chi connectivity index (χ1n) is 4.11. The van der Waals surface area contributed by atoms with Crippen LogP contribution in [-0.2, 0) is 0 Å². The first-order valence-corrected chi connectivity index (χ1v) is 4.11. The van der Waals surface area contributed by atoms with E-state index in [1.807, 2.05) is 22.7 Å². The molecule has 1 unspecified atom stereocenters. The fourth-order valence-electron chi connectivity index (χ4n) is 1.38. The number of nitrogens with zero attached hydrogens (tertiary/aromatic N) is 2. The van der Waals surface area contributed by atoms with Crippen LogP contribution in [0.2, 0.25) is 0 Å². The van der Waals surface area contributed by atoms with Gasteiger partial charge in [0.25, 0.3) is 0 Å². The Bertz CT molecular complexity index is 410. The van der Waals surface area contributed by atoms with Crippen LogP contribution >= 0.6 is 0 Å². The molecule has 0 aliphatic carbocycles. The van der Waals surface area contributed by atoms with Gasteiger partial charge in [0.1, 0.15) is 0 Å². The smallest absolute Gasteiger partial charge is 0.0992 e. The van der Waals surface area contributed by atoms with Crippen molar-refractivity contribution >= 4 is 5.52 Å². The molecule has 0 aliphatic heterocycles. The highest BCUT2D eigenvalue weighted by atomic mass is 16.3. The number of aromatic nitrogens is 2. The van der Waals surface area contributed by atoms with Crippen LogP contribution in [0.4, 0.5) is 0 Å². The molecule has 2 aromatic heterocycles. The molecule has 0 saturated carbocycles. The third kappa shape index (κ3) is 1.30. The lowest BCUT2D eigenvalue weighted by Gasteiger charge is -2.08. The molecule has 0 fully saturated rings. The summed E-state index contributed by atoms with van der Waals surface area (Å²) in [5.74, 6) is 0. The van der Waals surface area contributed by atoms with Crippen molar-refractivity contribution in [1.82, 2.24) is 9.38 Å². The summed E-state index contributed by atoms with van der Waals surface area (Å²) in [5.41, 5.74) is 7.11. The van der Waals surface area contributed by atoms with Gasteiger partial charge >= 0.3 is 0 Å². The minimum Gasteiger partial charge on any atom is -0.387 e. The molecule has 0 amide bonds. The van der Waals surface area contributed by atoms with Crippen LogP contribution in [0.5, 0.6) is 0 Å². The fourth-order valence-corrected chi connectivity index (χ4v) is 1.38. The number of imidazole rings is 1. The molecular weight excluding hydrogens is 166 g/mol. The molecule has 1 atom stereocenters. The molecule has 0 bridgehead atoms. The van der Waals surface area contributed by atoms with E-state index in [0.29, 0.717) is 0 Å². The third-order valence-electron chi connectivity index (χ3n) is 2.07. The largest absolute Gasteiger partial charge is 0.387 e. The highest BCUT2D eigenvalue weighted by Gasteiger charge is 2.08. The Morgan fingerprint density at radius 3 is 3.23 bits per heavy atom. The highest BCUT2D eigenvalue weighted by Crippen LogP contribution is 2.17. The quantitative estimate of drug-likeness (QED) is 0.694. The summed E-state index contributed by atoms with van der Waals surface area (Å²) < 4.78 is 1.86. The Kier molecular flexibility index (Phi) is 2.00. The second kappa shape index (κ2) is 3.16. The fraction of sp³-hybridized carbons (Fsp3) is 0.222. The molecule has 4 heteroatoms. The van der Waals surface area contributed by atoms with Crippen molar-refractivity contribution in [1.29, 1.82) is 0 Å². The summed E-state index contributed by atoms with van der Waals surface area (Å²) in [6.45, 7) is 0.227. The van der Waals surface area contributed by atoms with Gasteiger partial charge in [-0.1, -0.05) is 6.07 Å². The Hall–Kier alpha value is -1.39. The van der Waals surface area contributed by atoms with Crippen molar-refractivity contribution in [3.8, 4) is 0 Å². The SMILES string of the molecule is NCC(O)c1cccn2cncc12. The van der Waals surface area contributed by atoms with Crippen LogP contribution < -0.4 is 5.73 Å². The minimum atomic E-state index is -0.611. The molecule has 68 valence electrons. The third-order valence-corrected chi connectivity index (χ3v) is 2.07. The van der Waals surface area contributed by atoms with Crippen molar-refractivity contribution < 1.29 is 5.11 Å². The van der Waals surface area contributed by atoms with Gasteiger partial charge in [-0.2, -0.15) is 0 Å². The van der Waals surface area contributed by atoms with E-state index in [4.69, 9.17) is 5.73 Å². The lowest BCUT2D eigenvalue weighted by atomic mass is 10.1. The topological polar surface area (TPSA) is 63.5 Å². The van der Waals surface area contributed by atoms with Crippen molar-refractivity contribution in [2.24, 2.45) is 5.73 Å². The first kappa shape index (κ1) is 8.22. The van der Waals surface area contributed by atoms with E-state index in [0.717, 1.165) is 11.1 Å². The normalized spacial score (nSPS) is 13.4. The zero-order valence-electron chi connectivity index (χ0n) is 7.09. The van der Waals surface area contributed by atoms with E-state index in [1.54, 1.807) is 12.5 Å². The van der Waals surface area contributed by atoms with E-state index in [-0.39, 0.29) is 6.54 Å². The summed E-state index contributed by atoms with van der Waals surface area (Å²) in [7, 11) is 0. The number of pyridine rings is 1. The van der Waals surface area contributed by atoms with Gasteiger partial charge in [-0.15, -0.1) is 0 Å². The highest BCUT2D eigenvalue weighted by molar-refractivity contribution is 5.54. The van der Waals surface area contributed by atoms with Gasteiger partial charge in [-0.3, -0.25) is 0 Å². The summed E-state index contributed by atoms with van der Waals surface area (Å²) >= 11 is 0. The van der Waals surface area contributed by atoms with Crippen LogP contribution in [0.1, 0.15) is 11.7 Å². The Labute approximate surface area is 75.6 Å². The standard InChI is InChI=1S/C9H11N3O/c10-4-9(13)7-2-1-3-12-6-11-5-8(7)12/h1-3,5-6,9,13H,4,10H2. The maximum Gasteiger partial charge on any atom is 0.0992 e. The molecule has 0 saturated heterocycles. The van der Waals surface area contributed by atoms with Gasteiger partial charge in [0, 0.05) is 18.3 Å². The number of aliphatic hydroxyl groups is 1. The van der Waals surface area contributed by atoms with Crippen LogP contribution in [-0.4, -0.2) is 21.0 Å². The van der Waals surface area contributed by atoms with Crippen molar-refractivity contribution in [2.75, 3.05) is 6.54 Å². The maximum atomic E-state index is 9.58. The number of aliphatic hydroxyl groups excluding tert-OH is 1. The van der Waals surface area contributed by atoms with Crippen molar-refractivity contribution in [2.45, 2.75) is 6.10 Å². The second-order valence-corrected chi connectivity index (χ2v) is 2.90. The van der Waals surface area contributed by atoms with Gasteiger partial charge in [-0.25, -0.2) is 4.98 Å². The zero-order chi connectivity index (χ0) is 9.26. The second-order valence-electron chi connectivity index (χ2n) is 2.90. The minimum absolute atomic E-state index is 0.227. The average molecular weight is 177 g/mol. The Balaban J connectivity index is 2.60. The molecule has 2 rings (SSSR count).